The summed E-state index contributed by atoms with van der Waals surface area (Å²) in [5.41, 5.74) is 0. The number of rotatable bonds is 43. The monoisotopic (exact) mass is 829 g/mol. The Hall–Kier alpha value is -1.81. The third kappa shape index (κ3) is 42.1. The number of carbonyl (C=O) groups excluding carboxylic acids is 2. The van der Waals surface area contributed by atoms with Crippen LogP contribution >= 0.6 is 7.82 Å². The maximum absolute atomic E-state index is 12.6. The molecule has 0 aliphatic rings. The third-order valence-electron chi connectivity index (χ3n) is 9.77. The zero-order valence-corrected chi connectivity index (χ0v) is 37.2. The topological polar surface area (TPSA) is 149 Å². The zero-order valence-electron chi connectivity index (χ0n) is 36.3. The van der Waals surface area contributed by atoms with Crippen molar-refractivity contribution in [1.29, 1.82) is 0 Å². The second-order valence-corrected chi connectivity index (χ2v) is 16.9. The van der Waals surface area contributed by atoms with Crippen molar-refractivity contribution in [3.05, 3.63) is 36.5 Å². The zero-order chi connectivity index (χ0) is 41.9. The first-order chi connectivity index (χ1) is 27.7. The standard InChI is InChI=1S/C46H85O10P/c1-3-5-7-9-11-13-15-17-19-21-23-25-27-29-31-33-35-37-45(49)53-41-44(42-55-57(51,52)54-40-43(48)39-47)56-46(50)38-36-34-32-30-28-26-24-22-20-18-16-14-12-10-8-6-4-2/h11,13-14,16-17,19,43-44,47-48H,3-10,12,15,18,20-42H2,1-2H3,(H,51,52)/b13-11+,16-14+,19-17+/t43-,44+/m0/s1. The predicted octanol–water partition coefficient (Wildman–Crippen LogP) is 12.3. The number of hydrogen-bond acceptors (Lipinski definition) is 9. The van der Waals surface area contributed by atoms with Crippen LogP contribution in [0.5, 0.6) is 0 Å². The van der Waals surface area contributed by atoms with Crippen LogP contribution in [0.2, 0.25) is 0 Å². The van der Waals surface area contributed by atoms with E-state index in [0.717, 1.165) is 51.4 Å². The first-order valence-electron chi connectivity index (χ1n) is 22.9. The van der Waals surface area contributed by atoms with Crippen LogP contribution in [0.25, 0.3) is 0 Å². The van der Waals surface area contributed by atoms with E-state index >= 15 is 0 Å². The molecular weight excluding hydrogens is 743 g/mol. The number of ether oxygens (including phenoxy) is 2. The van der Waals surface area contributed by atoms with Crippen molar-refractivity contribution in [2.45, 2.75) is 219 Å². The van der Waals surface area contributed by atoms with Crippen LogP contribution in [0.1, 0.15) is 206 Å². The molecule has 0 aliphatic heterocycles. The molecule has 0 aromatic heterocycles. The summed E-state index contributed by atoms with van der Waals surface area (Å²) in [5, 5.41) is 18.4. The van der Waals surface area contributed by atoms with Gasteiger partial charge in [0.25, 0.3) is 0 Å². The summed E-state index contributed by atoms with van der Waals surface area (Å²) in [5.74, 6) is -0.932. The molecule has 0 bridgehead atoms. The molecule has 3 N–H and O–H groups in total. The van der Waals surface area contributed by atoms with Crippen molar-refractivity contribution < 1.29 is 47.8 Å². The van der Waals surface area contributed by atoms with Gasteiger partial charge in [0.1, 0.15) is 12.7 Å². The fourth-order valence-corrected chi connectivity index (χ4v) is 6.98. The number of aliphatic hydroxyl groups is 2. The van der Waals surface area contributed by atoms with Crippen LogP contribution in [-0.2, 0) is 32.7 Å². The fourth-order valence-electron chi connectivity index (χ4n) is 6.19. The molecule has 0 aromatic rings. The highest BCUT2D eigenvalue weighted by atomic mass is 31.2. The largest absolute Gasteiger partial charge is 0.472 e. The fraction of sp³-hybridized carbons (Fsp3) is 0.826. The summed E-state index contributed by atoms with van der Waals surface area (Å²) >= 11 is 0. The van der Waals surface area contributed by atoms with Crippen LogP contribution in [0.15, 0.2) is 36.5 Å². The summed E-state index contributed by atoms with van der Waals surface area (Å²) in [6, 6.07) is 0. The number of esters is 2. The Morgan fingerprint density at radius 1 is 0.526 bits per heavy atom. The third-order valence-corrected chi connectivity index (χ3v) is 10.7. The molecule has 0 aliphatic carbocycles. The second kappa shape index (κ2) is 42.3. The summed E-state index contributed by atoms with van der Waals surface area (Å²) in [6.07, 6.45) is 43.8. The summed E-state index contributed by atoms with van der Waals surface area (Å²) in [4.78, 5) is 35.0. The van der Waals surface area contributed by atoms with Crippen LogP contribution in [0, 0.1) is 0 Å². The van der Waals surface area contributed by atoms with E-state index in [4.69, 9.17) is 23.6 Å². The van der Waals surface area contributed by atoms with Crippen molar-refractivity contribution in [3.8, 4) is 0 Å². The van der Waals surface area contributed by atoms with E-state index in [0.29, 0.717) is 12.8 Å². The number of hydrogen-bond donors (Lipinski definition) is 3. The average Bonchev–Trinajstić information content (AvgIpc) is 3.20. The smallest absolute Gasteiger partial charge is 0.462 e. The van der Waals surface area contributed by atoms with Crippen LogP contribution in [-0.4, -0.2) is 65.7 Å². The molecule has 0 amide bonds. The van der Waals surface area contributed by atoms with E-state index in [9.17, 15) is 24.2 Å². The first-order valence-corrected chi connectivity index (χ1v) is 24.4. The van der Waals surface area contributed by atoms with Crippen molar-refractivity contribution >= 4 is 19.8 Å². The lowest BCUT2D eigenvalue weighted by atomic mass is 10.1. The molecule has 0 saturated carbocycles. The van der Waals surface area contributed by atoms with Crippen molar-refractivity contribution in [2.75, 3.05) is 26.4 Å². The molecule has 0 fully saturated rings. The maximum atomic E-state index is 12.6. The van der Waals surface area contributed by atoms with E-state index in [1.54, 1.807) is 0 Å². The Labute approximate surface area is 348 Å². The van der Waals surface area contributed by atoms with Gasteiger partial charge < -0.3 is 24.6 Å². The molecule has 11 heteroatoms. The Morgan fingerprint density at radius 3 is 1.40 bits per heavy atom. The van der Waals surface area contributed by atoms with Gasteiger partial charge in [-0.05, 0) is 70.6 Å². The highest BCUT2D eigenvalue weighted by Crippen LogP contribution is 2.43. The summed E-state index contributed by atoms with van der Waals surface area (Å²) in [6.45, 7) is 2.35. The molecule has 0 saturated heterocycles. The lowest BCUT2D eigenvalue weighted by Gasteiger charge is -2.20. The van der Waals surface area contributed by atoms with Crippen LogP contribution in [0.3, 0.4) is 0 Å². The van der Waals surface area contributed by atoms with Crippen LogP contribution < -0.4 is 0 Å². The molecule has 57 heavy (non-hydrogen) atoms. The Balaban J connectivity index is 4.26. The Morgan fingerprint density at radius 2 is 0.912 bits per heavy atom. The van der Waals surface area contributed by atoms with E-state index in [-0.39, 0.29) is 19.4 Å². The highest BCUT2D eigenvalue weighted by molar-refractivity contribution is 7.47. The Kier molecular flexibility index (Phi) is 41.0. The molecule has 0 rings (SSSR count). The number of phosphoric acid groups is 1. The lowest BCUT2D eigenvalue weighted by molar-refractivity contribution is -0.161. The number of phosphoric ester groups is 1. The molecule has 0 aromatic carbocycles. The van der Waals surface area contributed by atoms with Gasteiger partial charge in [0.05, 0.1) is 19.8 Å². The highest BCUT2D eigenvalue weighted by Gasteiger charge is 2.27. The van der Waals surface area contributed by atoms with Gasteiger partial charge in [0.2, 0.25) is 0 Å². The maximum Gasteiger partial charge on any atom is 0.472 e. The van der Waals surface area contributed by atoms with Gasteiger partial charge in [-0.15, -0.1) is 0 Å². The van der Waals surface area contributed by atoms with Crippen molar-refractivity contribution in [1.82, 2.24) is 0 Å². The SMILES string of the molecule is CCCCC/C=C/C/C=C/CCCCCCCCCC(=O)OC[C@H](COP(=O)(O)OC[C@@H](O)CO)OC(=O)CCCCCCCCCCC/C=C/CCCCCC. The molecule has 0 radical (unpaired) electrons. The number of carbonyl (C=O) groups is 2. The van der Waals surface area contributed by atoms with Gasteiger partial charge in [-0.25, -0.2) is 4.57 Å². The first kappa shape index (κ1) is 55.2. The van der Waals surface area contributed by atoms with Gasteiger partial charge in [-0.2, -0.15) is 0 Å². The molecule has 0 heterocycles. The van der Waals surface area contributed by atoms with E-state index in [1.807, 2.05) is 0 Å². The molecule has 3 atom stereocenters. The van der Waals surface area contributed by atoms with E-state index < -0.39 is 51.8 Å². The minimum absolute atomic E-state index is 0.181. The van der Waals surface area contributed by atoms with Gasteiger partial charge >= 0.3 is 19.8 Å². The number of aliphatic hydroxyl groups excluding tert-OH is 2. The molecule has 334 valence electrons. The average molecular weight is 829 g/mol. The molecule has 0 spiro atoms. The predicted molar refractivity (Wildman–Crippen MR) is 233 cm³/mol. The Bertz CT molecular complexity index is 1050. The van der Waals surface area contributed by atoms with Gasteiger partial charge in [0.15, 0.2) is 6.10 Å². The number of unbranched alkanes of at least 4 members (excludes halogenated alkanes) is 23. The van der Waals surface area contributed by atoms with Gasteiger partial charge in [0, 0.05) is 12.8 Å². The van der Waals surface area contributed by atoms with Crippen LogP contribution in [0.4, 0.5) is 0 Å². The quantitative estimate of drug-likeness (QED) is 0.0235. The van der Waals surface area contributed by atoms with Gasteiger partial charge in [-0.3, -0.25) is 18.6 Å². The number of allylic oxidation sites excluding steroid dienone is 6. The minimum Gasteiger partial charge on any atom is -0.462 e. The summed E-state index contributed by atoms with van der Waals surface area (Å²) in [7, 11) is -4.62. The second-order valence-electron chi connectivity index (χ2n) is 15.4. The molecular formula is C46H85O10P. The minimum atomic E-state index is -4.62. The van der Waals surface area contributed by atoms with Gasteiger partial charge in [-0.1, -0.05) is 159 Å². The summed E-state index contributed by atoms with van der Waals surface area (Å²) < 4.78 is 32.8. The van der Waals surface area contributed by atoms with E-state index in [2.05, 4.69) is 50.3 Å². The molecule has 10 nitrogen and oxygen atoms in total. The van der Waals surface area contributed by atoms with E-state index in [1.165, 1.54) is 116 Å². The van der Waals surface area contributed by atoms with Crippen molar-refractivity contribution in [2.24, 2.45) is 0 Å². The normalized spacial score (nSPS) is 14.1. The lowest BCUT2D eigenvalue weighted by Crippen LogP contribution is -2.29. The molecule has 1 unspecified atom stereocenters. The van der Waals surface area contributed by atoms with Crippen molar-refractivity contribution in [3.63, 3.8) is 0 Å².